The molecule has 1 aromatic carbocycles. The highest BCUT2D eigenvalue weighted by molar-refractivity contribution is 9.10. The molecule has 2 atom stereocenters. The molecule has 1 aliphatic carbocycles. The maximum atomic E-state index is 5.60. The molecule has 0 bridgehead atoms. The molecule has 0 heterocycles. The molecule has 2 rings (SSSR count). The van der Waals surface area contributed by atoms with Crippen molar-refractivity contribution >= 4 is 15.9 Å². The van der Waals surface area contributed by atoms with Crippen LogP contribution >= 0.6 is 15.9 Å². The molecule has 0 spiro atoms. The smallest absolute Gasteiger partial charge is 0.148 e. The Morgan fingerprint density at radius 3 is 2.86 bits per heavy atom. The Kier molecular flexibility index (Phi) is 5.32. The summed E-state index contributed by atoms with van der Waals surface area (Å²) in [6.45, 7) is 5.51. The summed E-state index contributed by atoms with van der Waals surface area (Å²) in [5.41, 5.74) is 1.26. The first-order chi connectivity index (χ1) is 9.98. The average Bonchev–Trinajstić information content (AvgIpc) is 2.45. The van der Waals surface area contributed by atoms with E-state index in [1.54, 1.807) is 7.11 Å². The standard InChI is InChI=1S/C17H22BrNO2/c1-5-8-21-14-7-6-13(18)9-12(14)11-19-15-10-16(20-4)17(15,2)3/h1,6-7,9,15-16,19H,8,10-11H2,2-4H3. The van der Waals surface area contributed by atoms with Crippen LogP contribution in [0.3, 0.4) is 0 Å². The van der Waals surface area contributed by atoms with E-state index in [2.05, 4.69) is 47.1 Å². The van der Waals surface area contributed by atoms with Crippen molar-refractivity contribution in [2.45, 2.75) is 39.0 Å². The molecule has 1 aromatic rings. The van der Waals surface area contributed by atoms with Gasteiger partial charge in [0.2, 0.25) is 0 Å². The lowest BCUT2D eigenvalue weighted by Gasteiger charge is -2.51. The number of hydrogen-bond acceptors (Lipinski definition) is 3. The number of terminal acetylenes is 1. The van der Waals surface area contributed by atoms with Crippen LogP contribution < -0.4 is 10.1 Å². The minimum Gasteiger partial charge on any atom is -0.481 e. The van der Waals surface area contributed by atoms with E-state index < -0.39 is 0 Å². The van der Waals surface area contributed by atoms with E-state index in [0.717, 1.165) is 28.8 Å². The van der Waals surface area contributed by atoms with E-state index in [4.69, 9.17) is 15.9 Å². The van der Waals surface area contributed by atoms with Gasteiger partial charge in [0, 0.05) is 35.1 Å². The second kappa shape index (κ2) is 6.83. The van der Waals surface area contributed by atoms with Crippen LogP contribution in [0.1, 0.15) is 25.8 Å². The van der Waals surface area contributed by atoms with Crippen LogP contribution in [0.2, 0.25) is 0 Å². The molecule has 4 heteroatoms. The predicted octanol–water partition coefficient (Wildman–Crippen LogP) is 3.36. The maximum Gasteiger partial charge on any atom is 0.148 e. The topological polar surface area (TPSA) is 30.5 Å². The number of halogens is 1. The number of hydrogen-bond donors (Lipinski definition) is 1. The third kappa shape index (κ3) is 3.60. The largest absolute Gasteiger partial charge is 0.481 e. The van der Waals surface area contributed by atoms with E-state index >= 15 is 0 Å². The van der Waals surface area contributed by atoms with Gasteiger partial charge in [0.25, 0.3) is 0 Å². The lowest BCUT2D eigenvalue weighted by atomic mass is 9.64. The van der Waals surface area contributed by atoms with Gasteiger partial charge in [-0.25, -0.2) is 0 Å². The Morgan fingerprint density at radius 2 is 2.24 bits per heavy atom. The first-order valence-corrected chi connectivity index (χ1v) is 7.89. The zero-order valence-electron chi connectivity index (χ0n) is 12.8. The Bertz CT molecular complexity index is 536. The summed E-state index contributed by atoms with van der Waals surface area (Å²) in [5.74, 6) is 3.34. The number of methoxy groups -OCH3 is 1. The molecule has 0 radical (unpaired) electrons. The van der Waals surface area contributed by atoms with Crippen molar-refractivity contribution in [1.82, 2.24) is 5.32 Å². The molecule has 21 heavy (non-hydrogen) atoms. The van der Waals surface area contributed by atoms with E-state index in [-0.39, 0.29) is 12.0 Å². The van der Waals surface area contributed by atoms with E-state index in [1.165, 1.54) is 0 Å². The molecular weight excluding hydrogens is 330 g/mol. The number of nitrogens with one attached hydrogen (secondary N) is 1. The van der Waals surface area contributed by atoms with Gasteiger partial charge in [-0.2, -0.15) is 0 Å². The zero-order valence-corrected chi connectivity index (χ0v) is 14.4. The van der Waals surface area contributed by atoms with Gasteiger partial charge in [0.15, 0.2) is 0 Å². The lowest BCUT2D eigenvalue weighted by Crippen LogP contribution is -2.60. The highest BCUT2D eigenvalue weighted by Crippen LogP contribution is 2.42. The molecule has 0 aromatic heterocycles. The molecule has 1 aliphatic rings. The first-order valence-electron chi connectivity index (χ1n) is 7.10. The highest BCUT2D eigenvalue weighted by atomic mass is 79.9. The SMILES string of the molecule is C#CCOc1ccc(Br)cc1CNC1CC(OC)C1(C)C. The summed E-state index contributed by atoms with van der Waals surface area (Å²) in [4.78, 5) is 0. The van der Waals surface area contributed by atoms with Crippen molar-refractivity contribution in [3.63, 3.8) is 0 Å². The first kappa shape index (κ1) is 16.4. The predicted molar refractivity (Wildman–Crippen MR) is 88.3 cm³/mol. The molecule has 2 unspecified atom stereocenters. The molecule has 0 saturated heterocycles. The van der Waals surface area contributed by atoms with Gasteiger partial charge in [0.1, 0.15) is 12.4 Å². The second-order valence-corrected chi connectivity index (χ2v) is 6.88. The van der Waals surface area contributed by atoms with Crippen molar-refractivity contribution in [3.8, 4) is 18.1 Å². The van der Waals surface area contributed by atoms with Crippen LogP contribution in [0.15, 0.2) is 22.7 Å². The van der Waals surface area contributed by atoms with Gasteiger partial charge in [0.05, 0.1) is 6.10 Å². The molecule has 3 nitrogen and oxygen atoms in total. The quantitative estimate of drug-likeness (QED) is 0.797. The Labute approximate surface area is 135 Å². The van der Waals surface area contributed by atoms with E-state index in [9.17, 15) is 0 Å². The Balaban J connectivity index is 2.00. The van der Waals surface area contributed by atoms with Crippen LogP contribution in [0.25, 0.3) is 0 Å². The third-order valence-corrected chi connectivity index (χ3v) is 4.83. The molecule has 1 saturated carbocycles. The molecule has 1 fully saturated rings. The van der Waals surface area contributed by atoms with Crippen molar-refractivity contribution in [2.24, 2.45) is 5.41 Å². The fourth-order valence-electron chi connectivity index (χ4n) is 2.81. The normalized spacial score (nSPS) is 23.2. The van der Waals surface area contributed by atoms with Crippen molar-refractivity contribution in [2.75, 3.05) is 13.7 Å². The summed E-state index contributed by atoms with van der Waals surface area (Å²) in [6.07, 6.45) is 6.63. The summed E-state index contributed by atoms with van der Waals surface area (Å²) in [6, 6.07) is 6.42. The van der Waals surface area contributed by atoms with Crippen LogP contribution in [0.4, 0.5) is 0 Å². The molecular formula is C17H22BrNO2. The Morgan fingerprint density at radius 1 is 1.48 bits per heavy atom. The summed E-state index contributed by atoms with van der Waals surface area (Å²) in [5, 5.41) is 3.60. The summed E-state index contributed by atoms with van der Waals surface area (Å²) in [7, 11) is 1.78. The number of benzene rings is 1. The molecule has 0 aliphatic heterocycles. The molecule has 114 valence electrons. The number of rotatable bonds is 6. The Hall–Kier alpha value is -1.02. The van der Waals surface area contributed by atoms with Crippen molar-refractivity contribution in [1.29, 1.82) is 0 Å². The third-order valence-electron chi connectivity index (χ3n) is 4.33. The maximum absolute atomic E-state index is 5.60. The van der Waals surface area contributed by atoms with Crippen LogP contribution in [0.5, 0.6) is 5.75 Å². The van der Waals surface area contributed by atoms with Crippen LogP contribution in [0, 0.1) is 17.8 Å². The number of ether oxygens (including phenoxy) is 2. The van der Waals surface area contributed by atoms with Crippen molar-refractivity contribution in [3.05, 3.63) is 28.2 Å². The average molecular weight is 352 g/mol. The van der Waals surface area contributed by atoms with Gasteiger partial charge in [-0.05, 0) is 24.6 Å². The van der Waals surface area contributed by atoms with Crippen LogP contribution in [-0.4, -0.2) is 25.9 Å². The molecule has 1 N–H and O–H groups in total. The van der Waals surface area contributed by atoms with Crippen LogP contribution in [-0.2, 0) is 11.3 Å². The lowest BCUT2D eigenvalue weighted by molar-refractivity contribution is -0.0979. The summed E-state index contributed by atoms with van der Waals surface area (Å²) >= 11 is 3.50. The van der Waals surface area contributed by atoms with Gasteiger partial charge >= 0.3 is 0 Å². The minimum atomic E-state index is 0.153. The van der Waals surface area contributed by atoms with E-state index in [0.29, 0.717) is 12.1 Å². The van der Waals surface area contributed by atoms with E-state index in [1.807, 2.05) is 12.1 Å². The van der Waals surface area contributed by atoms with Gasteiger partial charge in [-0.15, -0.1) is 6.42 Å². The van der Waals surface area contributed by atoms with Gasteiger partial charge in [-0.1, -0.05) is 35.7 Å². The van der Waals surface area contributed by atoms with Crippen molar-refractivity contribution < 1.29 is 9.47 Å². The molecule has 0 amide bonds. The monoisotopic (exact) mass is 351 g/mol. The fraction of sp³-hybridized carbons (Fsp3) is 0.529. The summed E-state index contributed by atoms with van der Waals surface area (Å²) < 4.78 is 12.1. The fourth-order valence-corrected chi connectivity index (χ4v) is 3.22. The highest BCUT2D eigenvalue weighted by Gasteiger charge is 2.48. The zero-order chi connectivity index (χ0) is 15.5. The minimum absolute atomic E-state index is 0.153. The van der Waals surface area contributed by atoms with Gasteiger partial charge < -0.3 is 14.8 Å². The second-order valence-electron chi connectivity index (χ2n) is 5.96. The van der Waals surface area contributed by atoms with Gasteiger partial charge in [-0.3, -0.25) is 0 Å².